The number of ether oxygens (including phenoxy) is 2. The van der Waals surface area contributed by atoms with Crippen LogP contribution < -0.4 is 15.4 Å². The van der Waals surface area contributed by atoms with Crippen LogP contribution in [0.2, 0.25) is 0 Å². The van der Waals surface area contributed by atoms with Gasteiger partial charge in [-0.2, -0.15) is 0 Å². The zero-order chi connectivity index (χ0) is 17.7. The third-order valence-corrected chi connectivity index (χ3v) is 6.19. The second-order valence-corrected chi connectivity index (χ2v) is 8.90. The van der Waals surface area contributed by atoms with Gasteiger partial charge in [-0.3, -0.25) is 0 Å². The third-order valence-electron chi connectivity index (χ3n) is 5.07. The number of benzene rings is 1. The number of morpholine rings is 1. The van der Waals surface area contributed by atoms with Crippen molar-refractivity contribution in [3.05, 3.63) is 24.3 Å². The van der Waals surface area contributed by atoms with Gasteiger partial charge in [0.2, 0.25) is 0 Å². The fraction of sp³-hybridized carbons (Fsp3) is 0.667. The van der Waals surface area contributed by atoms with Crippen LogP contribution in [-0.4, -0.2) is 59.7 Å². The molecule has 1 aliphatic carbocycles. The molecule has 3 atom stereocenters. The summed E-state index contributed by atoms with van der Waals surface area (Å²) in [7, 11) is -3.16. The van der Waals surface area contributed by atoms with Crippen LogP contribution in [0.3, 0.4) is 0 Å². The summed E-state index contributed by atoms with van der Waals surface area (Å²) < 4.78 is 34.2. The average molecular weight is 368 g/mol. The van der Waals surface area contributed by atoms with Crippen molar-refractivity contribution < 1.29 is 17.9 Å². The van der Waals surface area contributed by atoms with Gasteiger partial charge in [-0.25, -0.2) is 8.42 Å². The Morgan fingerprint density at radius 3 is 2.76 bits per heavy atom. The predicted molar refractivity (Wildman–Crippen MR) is 96.8 cm³/mol. The molecule has 2 fully saturated rings. The molecule has 1 aliphatic heterocycles. The first-order valence-corrected chi connectivity index (χ1v) is 10.9. The molecular formula is C18H28N2O4S. The SMILES string of the molecule is CS(=O)(=O)c1ccc(OCCNC2CCCC2C2COCCN2)cc1. The summed E-state index contributed by atoms with van der Waals surface area (Å²) in [6, 6.07) is 7.55. The standard InChI is InChI=1S/C18H28N2O4S/c1-25(21,22)15-7-5-14(6-8-15)24-12-10-19-17-4-2-3-16(17)18-13-23-11-9-20-18/h5-8,16-20H,2-4,9-13H2,1H3. The molecule has 1 saturated carbocycles. The van der Waals surface area contributed by atoms with E-state index >= 15 is 0 Å². The van der Waals surface area contributed by atoms with E-state index in [9.17, 15) is 8.42 Å². The second kappa shape index (κ2) is 8.49. The summed E-state index contributed by atoms with van der Waals surface area (Å²) >= 11 is 0. The van der Waals surface area contributed by atoms with Gasteiger partial charge in [0.15, 0.2) is 9.84 Å². The lowest BCUT2D eigenvalue weighted by atomic mass is 9.94. The maximum Gasteiger partial charge on any atom is 0.175 e. The van der Waals surface area contributed by atoms with Gasteiger partial charge in [-0.1, -0.05) is 6.42 Å². The summed E-state index contributed by atoms with van der Waals surface area (Å²) in [6.45, 7) is 3.92. The summed E-state index contributed by atoms with van der Waals surface area (Å²) in [6.07, 6.45) is 4.91. The van der Waals surface area contributed by atoms with Crippen molar-refractivity contribution in [3.63, 3.8) is 0 Å². The van der Waals surface area contributed by atoms with E-state index in [1.807, 2.05) is 0 Å². The molecule has 2 N–H and O–H groups in total. The summed E-state index contributed by atoms with van der Waals surface area (Å²) in [5, 5.41) is 7.20. The molecule has 1 aromatic carbocycles. The van der Waals surface area contributed by atoms with Crippen molar-refractivity contribution in [2.45, 2.75) is 36.2 Å². The Morgan fingerprint density at radius 2 is 2.08 bits per heavy atom. The minimum Gasteiger partial charge on any atom is -0.492 e. The van der Waals surface area contributed by atoms with Gasteiger partial charge < -0.3 is 20.1 Å². The number of rotatable bonds is 7. The Labute approximate surface area is 150 Å². The van der Waals surface area contributed by atoms with Gasteiger partial charge in [0.05, 0.1) is 18.1 Å². The highest BCUT2D eigenvalue weighted by Crippen LogP contribution is 2.29. The smallest absolute Gasteiger partial charge is 0.175 e. The number of hydrogen-bond acceptors (Lipinski definition) is 6. The Morgan fingerprint density at radius 1 is 1.28 bits per heavy atom. The van der Waals surface area contributed by atoms with E-state index in [4.69, 9.17) is 9.47 Å². The van der Waals surface area contributed by atoms with Crippen molar-refractivity contribution in [2.24, 2.45) is 5.92 Å². The van der Waals surface area contributed by atoms with Crippen LogP contribution in [0.15, 0.2) is 29.2 Å². The molecule has 0 spiro atoms. The van der Waals surface area contributed by atoms with E-state index in [-0.39, 0.29) is 0 Å². The minimum absolute atomic E-state index is 0.314. The van der Waals surface area contributed by atoms with E-state index in [0.717, 1.165) is 26.3 Å². The molecule has 2 aliphatic rings. The van der Waals surface area contributed by atoms with Gasteiger partial charge in [0.1, 0.15) is 12.4 Å². The Kier molecular flexibility index (Phi) is 6.33. The van der Waals surface area contributed by atoms with Crippen LogP contribution in [0.5, 0.6) is 5.75 Å². The van der Waals surface area contributed by atoms with Gasteiger partial charge in [0, 0.05) is 31.4 Å². The lowest BCUT2D eigenvalue weighted by Crippen LogP contribution is -2.51. The molecule has 25 heavy (non-hydrogen) atoms. The van der Waals surface area contributed by atoms with Crippen molar-refractivity contribution in [2.75, 3.05) is 39.2 Å². The molecule has 1 heterocycles. The van der Waals surface area contributed by atoms with Gasteiger partial charge in [-0.05, 0) is 43.0 Å². The van der Waals surface area contributed by atoms with E-state index in [0.29, 0.717) is 35.3 Å². The van der Waals surface area contributed by atoms with Gasteiger partial charge >= 0.3 is 0 Å². The fourth-order valence-electron chi connectivity index (χ4n) is 3.78. The van der Waals surface area contributed by atoms with Crippen molar-refractivity contribution in [3.8, 4) is 5.75 Å². The summed E-state index contributed by atoms with van der Waals surface area (Å²) in [5.41, 5.74) is 0. The van der Waals surface area contributed by atoms with Gasteiger partial charge in [0.25, 0.3) is 0 Å². The largest absolute Gasteiger partial charge is 0.492 e. The van der Waals surface area contributed by atoms with Crippen LogP contribution >= 0.6 is 0 Å². The number of sulfone groups is 1. The first-order valence-electron chi connectivity index (χ1n) is 9.01. The number of hydrogen-bond donors (Lipinski definition) is 2. The molecule has 3 rings (SSSR count). The minimum atomic E-state index is -3.16. The highest BCUT2D eigenvalue weighted by atomic mass is 32.2. The van der Waals surface area contributed by atoms with E-state index in [2.05, 4.69) is 10.6 Å². The monoisotopic (exact) mass is 368 g/mol. The Balaban J connectivity index is 1.42. The van der Waals surface area contributed by atoms with E-state index in [1.54, 1.807) is 24.3 Å². The van der Waals surface area contributed by atoms with Crippen molar-refractivity contribution in [1.29, 1.82) is 0 Å². The average Bonchev–Trinajstić information content (AvgIpc) is 3.08. The van der Waals surface area contributed by atoms with Crippen LogP contribution in [-0.2, 0) is 14.6 Å². The van der Waals surface area contributed by atoms with Gasteiger partial charge in [-0.15, -0.1) is 0 Å². The molecule has 0 radical (unpaired) electrons. The Hall–Kier alpha value is -1.15. The fourth-order valence-corrected chi connectivity index (χ4v) is 4.41. The normalized spacial score (nSPS) is 27.3. The van der Waals surface area contributed by atoms with E-state index < -0.39 is 9.84 Å². The van der Waals surface area contributed by atoms with Crippen LogP contribution in [0.4, 0.5) is 0 Å². The number of nitrogens with one attached hydrogen (secondary N) is 2. The highest BCUT2D eigenvalue weighted by molar-refractivity contribution is 7.90. The summed E-state index contributed by atoms with van der Waals surface area (Å²) in [4.78, 5) is 0.314. The molecule has 0 bridgehead atoms. The zero-order valence-electron chi connectivity index (χ0n) is 14.7. The van der Waals surface area contributed by atoms with Crippen molar-refractivity contribution in [1.82, 2.24) is 10.6 Å². The zero-order valence-corrected chi connectivity index (χ0v) is 15.6. The van der Waals surface area contributed by atoms with E-state index in [1.165, 1.54) is 25.5 Å². The lowest BCUT2D eigenvalue weighted by Gasteiger charge is -2.33. The van der Waals surface area contributed by atoms with Crippen LogP contribution in [0.25, 0.3) is 0 Å². The molecule has 0 aromatic heterocycles. The Bertz CT molecular complexity index is 642. The van der Waals surface area contributed by atoms with Crippen LogP contribution in [0.1, 0.15) is 19.3 Å². The van der Waals surface area contributed by atoms with Crippen LogP contribution in [0, 0.1) is 5.92 Å². The molecule has 6 nitrogen and oxygen atoms in total. The second-order valence-electron chi connectivity index (χ2n) is 6.88. The third kappa shape index (κ3) is 5.17. The topological polar surface area (TPSA) is 76.7 Å². The lowest BCUT2D eigenvalue weighted by molar-refractivity contribution is 0.0523. The molecule has 7 heteroatoms. The summed E-state index contributed by atoms with van der Waals surface area (Å²) in [5.74, 6) is 1.31. The molecule has 1 saturated heterocycles. The first-order chi connectivity index (χ1) is 12.0. The molecule has 140 valence electrons. The molecule has 0 amide bonds. The quantitative estimate of drug-likeness (QED) is 0.705. The first kappa shape index (κ1) is 18.6. The molecule has 3 unspecified atom stereocenters. The predicted octanol–water partition coefficient (Wildman–Crippen LogP) is 1.22. The molecular weight excluding hydrogens is 340 g/mol. The molecule has 1 aromatic rings. The maximum atomic E-state index is 11.4. The van der Waals surface area contributed by atoms with Crippen molar-refractivity contribution >= 4 is 9.84 Å². The maximum absolute atomic E-state index is 11.4. The highest BCUT2D eigenvalue weighted by Gasteiger charge is 2.34.